The van der Waals surface area contributed by atoms with E-state index >= 15 is 0 Å². The first kappa shape index (κ1) is 15.7. The van der Waals surface area contributed by atoms with Crippen molar-refractivity contribution in [1.82, 2.24) is 29.9 Å². The molecule has 2 aromatic rings. The summed E-state index contributed by atoms with van der Waals surface area (Å²) in [7, 11) is 0. The Morgan fingerprint density at radius 2 is 2.17 bits per heavy atom. The van der Waals surface area contributed by atoms with Gasteiger partial charge in [0.2, 0.25) is 0 Å². The summed E-state index contributed by atoms with van der Waals surface area (Å²) in [5.74, 6) is 1.33. The van der Waals surface area contributed by atoms with Crippen LogP contribution in [0.3, 0.4) is 0 Å². The van der Waals surface area contributed by atoms with E-state index in [0.29, 0.717) is 31.1 Å². The Bertz CT molecular complexity index is 720. The molecule has 1 atom stereocenters. The van der Waals surface area contributed by atoms with Crippen molar-refractivity contribution in [3.05, 3.63) is 28.6 Å². The van der Waals surface area contributed by atoms with Crippen LogP contribution < -0.4 is 0 Å². The van der Waals surface area contributed by atoms with E-state index in [0.717, 1.165) is 23.8 Å². The van der Waals surface area contributed by atoms with Crippen LogP contribution in [0.25, 0.3) is 0 Å². The average Bonchev–Trinajstić information content (AvgIpc) is 3.10. The molecule has 1 fully saturated rings. The van der Waals surface area contributed by atoms with Crippen molar-refractivity contribution in [2.24, 2.45) is 0 Å². The average molecular weight is 318 g/mol. The predicted molar refractivity (Wildman–Crippen MR) is 83.1 cm³/mol. The van der Waals surface area contributed by atoms with Crippen molar-refractivity contribution in [3.63, 3.8) is 0 Å². The van der Waals surface area contributed by atoms with Crippen LogP contribution >= 0.6 is 0 Å². The Labute approximate surface area is 134 Å². The van der Waals surface area contributed by atoms with Crippen molar-refractivity contribution < 1.29 is 9.53 Å². The molecule has 0 aromatic carbocycles. The van der Waals surface area contributed by atoms with Gasteiger partial charge in [-0.2, -0.15) is 10.2 Å². The van der Waals surface area contributed by atoms with Crippen LogP contribution in [-0.4, -0.2) is 55.5 Å². The summed E-state index contributed by atoms with van der Waals surface area (Å²) in [4.78, 5) is 19.0. The lowest BCUT2D eigenvalue weighted by molar-refractivity contribution is -0.0267. The summed E-state index contributed by atoms with van der Waals surface area (Å²) in [6.45, 7) is 9.92. The minimum absolute atomic E-state index is 0.000239. The third-order valence-corrected chi connectivity index (χ3v) is 4.15. The number of nitrogens with zero attached hydrogens (tertiary/aromatic N) is 5. The Morgan fingerprint density at radius 1 is 1.39 bits per heavy atom. The molecular formula is C15H22N6O2. The summed E-state index contributed by atoms with van der Waals surface area (Å²) in [6.07, 6.45) is -0.292. The standard InChI is InChI=1S/C15H22N6O2/c1-5-21-10(3)13(9(2)19-21)15(22)20-6-7-23-12(8-20)14-16-11(4)17-18-14/h12H,5-8H2,1-4H3,(H,16,17,18). The number of aryl methyl sites for hydroxylation is 3. The molecule has 23 heavy (non-hydrogen) atoms. The van der Waals surface area contributed by atoms with Crippen LogP contribution in [0.15, 0.2) is 0 Å². The fourth-order valence-electron chi connectivity index (χ4n) is 2.97. The Morgan fingerprint density at radius 3 is 2.78 bits per heavy atom. The van der Waals surface area contributed by atoms with E-state index in [-0.39, 0.29) is 12.0 Å². The molecule has 3 rings (SSSR count). The van der Waals surface area contributed by atoms with Gasteiger partial charge >= 0.3 is 0 Å². The van der Waals surface area contributed by atoms with Crippen LogP contribution in [0.4, 0.5) is 0 Å². The second-order valence-corrected chi connectivity index (χ2v) is 5.75. The van der Waals surface area contributed by atoms with Crippen molar-refractivity contribution in [3.8, 4) is 0 Å². The molecule has 124 valence electrons. The van der Waals surface area contributed by atoms with Gasteiger partial charge in [-0.25, -0.2) is 4.98 Å². The summed E-state index contributed by atoms with van der Waals surface area (Å²) in [5.41, 5.74) is 2.37. The van der Waals surface area contributed by atoms with Gasteiger partial charge in [-0.05, 0) is 27.7 Å². The molecule has 0 saturated carbocycles. The lowest BCUT2D eigenvalue weighted by Gasteiger charge is -2.31. The van der Waals surface area contributed by atoms with E-state index in [1.165, 1.54) is 0 Å². The zero-order valence-electron chi connectivity index (χ0n) is 14.0. The van der Waals surface area contributed by atoms with Crippen molar-refractivity contribution in [2.45, 2.75) is 40.3 Å². The summed E-state index contributed by atoms with van der Waals surface area (Å²) >= 11 is 0. The molecule has 3 heterocycles. The fraction of sp³-hybridized carbons (Fsp3) is 0.600. The Kier molecular flexibility index (Phi) is 4.16. The first-order valence-electron chi connectivity index (χ1n) is 7.85. The molecule has 8 heteroatoms. The second kappa shape index (κ2) is 6.11. The number of morpholine rings is 1. The first-order chi connectivity index (χ1) is 11.0. The fourth-order valence-corrected chi connectivity index (χ4v) is 2.97. The Balaban J connectivity index is 1.81. The highest BCUT2D eigenvalue weighted by Gasteiger charge is 2.31. The maximum absolute atomic E-state index is 12.9. The number of carbonyl (C=O) groups excluding carboxylic acids is 1. The number of H-pyrrole nitrogens is 1. The number of hydrogen-bond acceptors (Lipinski definition) is 5. The molecule has 0 radical (unpaired) electrons. The maximum Gasteiger partial charge on any atom is 0.257 e. The van der Waals surface area contributed by atoms with Crippen LogP contribution in [0.1, 0.15) is 46.4 Å². The number of aromatic nitrogens is 5. The number of amides is 1. The third-order valence-electron chi connectivity index (χ3n) is 4.15. The highest BCUT2D eigenvalue weighted by Crippen LogP contribution is 2.22. The molecule has 0 spiro atoms. The molecule has 1 saturated heterocycles. The Hall–Kier alpha value is -2.22. The first-order valence-corrected chi connectivity index (χ1v) is 7.85. The minimum Gasteiger partial charge on any atom is -0.366 e. The normalized spacial score (nSPS) is 18.4. The van der Waals surface area contributed by atoms with Crippen molar-refractivity contribution in [2.75, 3.05) is 19.7 Å². The highest BCUT2D eigenvalue weighted by atomic mass is 16.5. The smallest absolute Gasteiger partial charge is 0.257 e. The van der Waals surface area contributed by atoms with E-state index in [2.05, 4.69) is 20.3 Å². The summed E-state index contributed by atoms with van der Waals surface area (Å²) < 4.78 is 7.58. The van der Waals surface area contributed by atoms with Gasteiger partial charge in [-0.1, -0.05) is 0 Å². The molecule has 0 aliphatic carbocycles. The zero-order chi connectivity index (χ0) is 16.6. The van der Waals surface area contributed by atoms with Gasteiger partial charge in [0.25, 0.3) is 5.91 Å². The molecule has 1 N–H and O–H groups in total. The number of carbonyl (C=O) groups is 1. The van der Waals surface area contributed by atoms with Crippen molar-refractivity contribution in [1.29, 1.82) is 0 Å². The SMILES string of the molecule is CCn1nc(C)c(C(=O)N2CCOC(c3n[nH]c(C)n3)C2)c1C. The minimum atomic E-state index is -0.292. The van der Waals surface area contributed by atoms with Gasteiger partial charge in [0, 0.05) is 18.8 Å². The molecular weight excluding hydrogens is 296 g/mol. The summed E-state index contributed by atoms with van der Waals surface area (Å²) in [6, 6.07) is 0. The third kappa shape index (κ3) is 2.86. The number of ether oxygens (including phenoxy) is 1. The molecule has 2 aromatic heterocycles. The lowest BCUT2D eigenvalue weighted by Crippen LogP contribution is -2.42. The van der Waals surface area contributed by atoms with Crippen LogP contribution in [0.5, 0.6) is 0 Å². The van der Waals surface area contributed by atoms with E-state index in [1.54, 1.807) is 4.90 Å². The lowest BCUT2D eigenvalue weighted by atomic mass is 10.1. The van der Waals surface area contributed by atoms with E-state index in [4.69, 9.17) is 4.74 Å². The number of nitrogens with one attached hydrogen (secondary N) is 1. The number of rotatable bonds is 3. The zero-order valence-corrected chi connectivity index (χ0v) is 14.0. The topological polar surface area (TPSA) is 88.9 Å². The van der Waals surface area contributed by atoms with Crippen molar-refractivity contribution >= 4 is 5.91 Å². The van der Waals surface area contributed by atoms with Gasteiger partial charge in [-0.3, -0.25) is 14.6 Å². The van der Waals surface area contributed by atoms with Crippen LogP contribution in [0.2, 0.25) is 0 Å². The number of hydrogen-bond donors (Lipinski definition) is 1. The van der Waals surface area contributed by atoms with Crippen LogP contribution in [-0.2, 0) is 11.3 Å². The molecule has 0 bridgehead atoms. The quantitative estimate of drug-likeness (QED) is 0.917. The van der Waals surface area contributed by atoms with E-state index in [1.807, 2.05) is 32.4 Å². The van der Waals surface area contributed by atoms with Gasteiger partial charge in [0.15, 0.2) is 5.82 Å². The van der Waals surface area contributed by atoms with Crippen LogP contribution in [0, 0.1) is 20.8 Å². The largest absolute Gasteiger partial charge is 0.366 e. The maximum atomic E-state index is 12.9. The van der Waals surface area contributed by atoms with Gasteiger partial charge in [0.1, 0.15) is 11.9 Å². The van der Waals surface area contributed by atoms with Gasteiger partial charge in [0.05, 0.1) is 24.4 Å². The molecule has 1 aliphatic heterocycles. The summed E-state index contributed by atoms with van der Waals surface area (Å²) in [5, 5.41) is 11.4. The van der Waals surface area contributed by atoms with E-state index in [9.17, 15) is 4.79 Å². The molecule has 1 aliphatic rings. The van der Waals surface area contributed by atoms with E-state index < -0.39 is 0 Å². The molecule has 1 amide bonds. The predicted octanol–water partition coefficient (Wildman–Crippen LogP) is 1.16. The van der Waals surface area contributed by atoms with Gasteiger partial charge < -0.3 is 9.64 Å². The molecule has 8 nitrogen and oxygen atoms in total. The van der Waals surface area contributed by atoms with Gasteiger partial charge in [-0.15, -0.1) is 0 Å². The number of aromatic amines is 1. The highest BCUT2D eigenvalue weighted by molar-refractivity contribution is 5.96. The second-order valence-electron chi connectivity index (χ2n) is 5.75. The monoisotopic (exact) mass is 318 g/mol. The molecule has 1 unspecified atom stereocenters.